The first kappa shape index (κ1) is 12.1. The zero-order valence-electron chi connectivity index (χ0n) is 9.80. The molecule has 0 heterocycles. The highest BCUT2D eigenvalue weighted by Crippen LogP contribution is 2.33. The molecule has 92 valence electrons. The van der Waals surface area contributed by atoms with Crippen molar-refractivity contribution >= 4 is 5.91 Å². The summed E-state index contributed by atoms with van der Waals surface area (Å²) in [5.74, 6) is -0.134. The second kappa shape index (κ2) is 4.85. The summed E-state index contributed by atoms with van der Waals surface area (Å²) in [5.41, 5.74) is 18.9. The second-order valence-electron chi connectivity index (χ2n) is 4.88. The largest absolute Gasteiger partial charge is 0.366 e. The Morgan fingerprint density at radius 1 is 1.06 bits per heavy atom. The van der Waals surface area contributed by atoms with Gasteiger partial charge in [0.1, 0.15) is 0 Å². The van der Waals surface area contributed by atoms with Crippen LogP contribution in [-0.2, 0) is 0 Å². The third-order valence-corrected chi connectivity index (χ3v) is 3.45. The van der Waals surface area contributed by atoms with Crippen LogP contribution in [0, 0.1) is 0 Å². The highest BCUT2D eigenvalue weighted by molar-refractivity contribution is 5.94. The average Bonchev–Trinajstić information content (AvgIpc) is 2.27. The Hall–Kier alpha value is -1.39. The van der Waals surface area contributed by atoms with Gasteiger partial charge in [0.25, 0.3) is 0 Å². The summed E-state index contributed by atoms with van der Waals surface area (Å²) in [4.78, 5) is 11.4. The van der Waals surface area contributed by atoms with E-state index in [1.54, 1.807) is 6.07 Å². The third kappa shape index (κ3) is 2.65. The van der Waals surface area contributed by atoms with Crippen molar-refractivity contribution in [1.82, 2.24) is 0 Å². The van der Waals surface area contributed by atoms with E-state index in [9.17, 15) is 4.79 Å². The normalized spacial score (nSPS) is 28.9. The fraction of sp³-hybridized carbons (Fsp3) is 0.462. The van der Waals surface area contributed by atoms with Gasteiger partial charge in [0.15, 0.2) is 0 Å². The Balaban J connectivity index is 2.30. The van der Waals surface area contributed by atoms with Crippen LogP contribution in [0.4, 0.5) is 0 Å². The molecule has 1 aromatic carbocycles. The van der Waals surface area contributed by atoms with Crippen LogP contribution in [0.1, 0.15) is 41.1 Å². The third-order valence-electron chi connectivity index (χ3n) is 3.45. The van der Waals surface area contributed by atoms with Gasteiger partial charge < -0.3 is 17.2 Å². The summed E-state index contributed by atoms with van der Waals surface area (Å²) >= 11 is 0. The number of carbonyl (C=O) groups is 1. The zero-order chi connectivity index (χ0) is 12.4. The van der Waals surface area contributed by atoms with Gasteiger partial charge in [-0.15, -0.1) is 0 Å². The van der Waals surface area contributed by atoms with Crippen molar-refractivity contribution in [3.63, 3.8) is 0 Å². The Kier molecular flexibility index (Phi) is 3.45. The summed E-state index contributed by atoms with van der Waals surface area (Å²) in [6.07, 6.45) is 2.60. The Morgan fingerprint density at radius 2 is 1.65 bits per heavy atom. The topological polar surface area (TPSA) is 95.1 Å². The predicted molar refractivity (Wildman–Crippen MR) is 67.5 cm³/mol. The van der Waals surface area contributed by atoms with Crippen LogP contribution in [0.25, 0.3) is 0 Å². The maximum absolute atomic E-state index is 11.4. The fourth-order valence-electron chi connectivity index (χ4n) is 2.74. The molecule has 1 aliphatic carbocycles. The van der Waals surface area contributed by atoms with Gasteiger partial charge in [-0.05, 0) is 36.8 Å². The predicted octanol–water partition coefficient (Wildman–Crippen LogP) is 0.708. The number of hydrogen-bond acceptors (Lipinski definition) is 3. The molecule has 2 rings (SSSR count). The Labute approximate surface area is 101 Å². The zero-order valence-corrected chi connectivity index (χ0v) is 9.80. The lowest BCUT2D eigenvalue weighted by Gasteiger charge is -2.32. The lowest BCUT2D eigenvalue weighted by Crippen LogP contribution is -2.39. The van der Waals surface area contributed by atoms with Crippen molar-refractivity contribution in [2.24, 2.45) is 17.2 Å². The fourth-order valence-corrected chi connectivity index (χ4v) is 2.74. The van der Waals surface area contributed by atoms with Crippen LogP contribution >= 0.6 is 0 Å². The molecule has 1 aliphatic rings. The van der Waals surface area contributed by atoms with E-state index in [1.807, 2.05) is 18.2 Å². The number of primary amides is 1. The van der Waals surface area contributed by atoms with Gasteiger partial charge in [-0.2, -0.15) is 0 Å². The van der Waals surface area contributed by atoms with Crippen molar-refractivity contribution in [3.05, 3.63) is 35.4 Å². The first-order valence-corrected chi connectivity index (χ1v) is 5.97. The Bertz CT molecular complexity index is 409. The molecule has 1 saturated carbocycles. The minimum Gasteiger partial charge on any atom is -0.366 e. The van der Waals surface area contributed by atoms with E-state index < -0.39 is 0 Å². The minimum atomic E-state index is -0.381. The first-order chi connectivity index (χ1) is 8.08. The Morgan fingerprint density at radius 3 is 2.24 bits per heavy atom. The van der Waals surface area contributed by atoms with E-state index in [0.29, 0.717) is 5.56 Å². The number of carbonyl (C=O) groups excluding carboxylic acids is 1. The van der Waals surface area contributed by atoms with Crippen molar-refractivity contribution in [2.45, 2.75) is 37.3 Å². The molecule has 0 radical (unpaired) electrons. The first-order valence-electron chi connectivity index (χ1n) is 5.97. The van der Waals surface area contributed by atoms with Crippen molar-refractivity contribution in [2.75, 3.05) is 0 Å². The summed E-state index contributed by atoms with van der Waals surface area (Å²) < 4.78 is 0. The maximum atomic E-state index is 11.4. The van der Waals surface area contributed by atoms with Gasteiger partial charge in [-0.1, -0.05) is 18.2 Å². The summed E-state index contributed by atoms with van der Waals surface area (Å²) in [7, 11) is 0. The van der Waals surface area contributed by atoms with Crippen LogP contribution in [-0.4, -0.2) is 18.0 Å². The van der Waals surface area contributed by atoms with Crippen molar-refractivity contribution < 1.29 is 4.79 Å². The van der Waals surface area contributed by atoms with E-state index in [-0.39, 0.29) is 23.9 Å². The molecular formula is C13H19N3O. The minimum absolute atomic E-state index is 0.115. The van der Waals surface area contributed by atoms with Gasteiger partial charge in [0.05, 0.1) is 0 Å². The average molecular weight is 233 g/mol. The van der Waals surface area contributed by atoms with Crippen LogP contribution in [0.3, 0.4) is 0 Å². The van der Waals surface area contributed by atoms with E-state index in [2.05, 4.69) is 0 Å². The second-order valence-corrected chi connectivity index (χ2v) is 4.88. The number of nitrogens with two attached hydrogens (primary N) is 3. The van der Waals surface area contributed by atoms with Gasteiger partial charge in [0.2, 0.25) is 5.91 Å². The summed E-state index contributed by atoms with van der Waals surface area (Å²) in [6, 6.07) is 7.70. The van der Waals surface area contributed by atoms with Gasteiger partial charge in [-0.25, -0.2) is 0 Å². The molecule has 0 saturated heterocycles. The summed E-state index contributed by atoms with van der Waals surface area (Å²) in [6.45, 7) is 0. The number of hydrogen-bond donors (Lipinski definition) is 3. The van der Waals surface area contributed by atoms with Crippen LogP contribution in [0.5, 0.6) is 0 Å². The lowest BCUT2D eigenvalue weighted by molar-refractivity contribution is 0.0998. The molecular weight excluding hydrogens is 214 g/mol. The number of amides is 1. The smallest absolute Gasteiger partial charge is 0.248 e. The molecule has 2 unspecified atom stereocenters. The van der Waals surface area contributed by atoms with Crippen LogP contribution < -0.4 is 17.2 Å². The molecule has 6 N–H and O–H groups in total. The molecule has 4 heteroatoms. The molecule has 17 heavy (non-hydrogen) atoms. The number of rotatable bonds is 2. The standard InChI is InChI=1S/C13H19N3O/c14-9-5-8(6-10(15)7-9)11-3-1-2-4-12(11)13(16)17/h1-4,8-10H,5-7,14-15H2,(H2,16,17). The molecule has 0 aliphatic heterocycles. The van der Waals surface area contributed by atoms with E-state index in [1.165, 1.54) is 0 Å². The molecule has 4 nitrogen and oxygen atoms in total. The molecule has 1 fully saturated rings. The molecule has 0 aromatic heterocycles. The molecule has 2 atom stereocenters. The van der Waals surface area contributed by atoms with E-state index in [0.717, 1.165) is 24.8 Å². The van der Waals surface area contributed by atoms with Gasteiger partial charge >= 0.3 is 0 Å². The van der Waals surface area contributed by atoms with Gasteiger partial charge in [-0.3, -0.25) is 4.79 Å². The highest BCUT2D eigenvalue weighted by atomic mass is 16.1. The molecule has 0 bridgehead atoms. The molecule has 1 amide bonds. The quantitative estimate of drug-likeness (QED) is 0.702. The van der Waals surface area contributed by atoms with E-state index >= 15 is 0 Å². The lowest BCUT2D eigenvalue weighted by atomic mass is 9.78. The van der Waals surface area contributed by atoms with Crippen molar-refractivity contribution in [1.29, 1.82) is 0 Å². The monoisotopic (exact) mass is 233 g/mol. The highest BCUT2D eigenvalue weighted by Gasteiger charge is 2.27. The number of benzene rings is 1. The molecule has 0 spiro atoms. The van der Waals surface area contributed by atoms with Crippen molar-refractivity contribution in [3.8, 4) is 0 Å². The molecule has 1 aromatic rings. The van der Waals surface area contributed by atoms with Gasteiger partial charge in [0, 0.05) is 17.6 Å². The summed E-state index contributed by atoms with van der Waals surface area (Å²) in [5, 5.41) is 0. The van der Waals surface area contributed by atoms with E-state index in [4.69, 9.17) is 17.2 Å². The van der Waals surface area contributed by atoms with Crippen LogP contribution in [0.15, 0.2) is 24.3 Å². The SMILES string of the molecule is NC(=O)c1ccccc1C1CC(N)CC(N)C1. The maximum Gasteiger partial charge on any atom is 0.248 e. The van der Waals surface area contributed by atoms with Crippen LogP contribution in [0.2, 0.25) is 0 Å².